The molecule has 1 saturated heterocycles. The maximum Gasteiger partial charge on any atom is 0.308 e. The van der Waals surface area contributed by atoms with Gasteiger partial charge in [0, 0.05) is 0 Å². The number of rotatable bonds is 3. The van der Waals surface area contributed by atoms with Crippen molar-refractivity contribution in [2.24, 2.45) is 11.8 Å². The number of carbonyl (C=O) groups is 1. The lowest BCUT2D eigenvalue weighted by Gasteiger charge is -2.26. The minimum absolute atomic E-state index is 0.0452. The monoisotopic (exact) mass is 185 g/mol. The maximum absolute atomic E-state index is 11.4. The SMILES string of the molecule is CCOC(=O)C(C)C1CCCNC1. The highest BCUT2D eigenvalue weighted by molar-refractivity contribution is 5.72. The van der Waals surface area contributed by atoms with Crippen LogP contribution < -0.4 is 5.32 Å². The van der Waals surface area contributed by atoms with Crippen molar-refractivity contribution in [3.63, 3.8) is 0 Å². The van der Waals surface area contributed by atoms with E-state index in [4.69, 9.17) is 4.74 Å². The molecule has 1 fully saturated rings. The van der Waals surface area contributed by atoms with Gasteiger partial charge in [-0.1, -0.05) is 6.92 Å². The van der Waals surface area contributed by atoms with E-state index in [9.17, 15) is 4.79 Å². The van der Waals surface area contributed by atoms with E-state index in [0.29, 0.717) is 12.5 Å². The van der Waals surface area contributed by atoms with Crippen LogP contribution in [0.4, 0.5) is 0 Å². The first-order valence-corrected chi connectivity index (χ1v) is 5.13. The Balaban J connectivity index is 2.35. The van der Waals surface area contributed by atoms with Gasteiger partial charge in [0.15, 0.2) is 0 Å². The van der Waals surface area contributed by atoms with Crippen molar-refractivity contribution in [3.8, 4) is 0 Å². The fourth-order valence-corrected chi connectivity index (χ4v) is 1.77. The Kier molecular flexibility index (Phi) is 4.22. The average Bonchev–Trinajstić information content (AvgIpc) is 2.18. The lowest BCUT2D eigenvalue weighted by Crippen LogP contribution is -2.36. The third-order valence-electron chi connectivity index (χ3n) is 2.70. The van der Waals surface area contributed by atoms with E-state index in [1.54, 1.807) is 0 Å². The van der Waals surface area contributed by atoms with Crippen LogP contribution in [0.1, 0.15) is 26.7 Å². The van der Waals surface area contributed by atoms with E-state index < -0.39 is 0 Å². The van der Waals surface area contributed by atoms with Gasteiger partial charge in [0.05, 0.1) is 12.5 Å². The molecule has 2 atom stereocenters. The van der Waals surface area contributed by atoms with Crippen LogP contribution in [0.5, 0.6) is 0 Å². The first-order valence-electron chi connectivity index (χ1n) is 5.13. The summed E-state index contributed by atoms with van der Waals surface area (Å²) in [6.45, 7) is 6.36. The van der Waals surface area contributed by atoms with Crippen molar-refractivity contribution in [1.82, 2.24) is 5.32 Å². The van der Waals surface area contributed by atoms with Gasteiger partial charge in [-0.3, -0.25) is 4.79 Å². The zero-order valence-corrected chi connectivity index (χ0v) is 8.51. The molecule has 0 spiro atoms. The molecule has 76 valence electrons. The fraction of sp³-hybridized carbons (Fsp3) is 0.900. The fourth-order valence-electron chi connectivity index (χ4n) is 1.77. The van der Waals surface area contributed by atoms with E-state index in [-0.39, 0.29) is 11.9 Å². The molecule has 0 bridgehead atoms. The summed E-state index contributed by atoms with van der Waals surface area (Å²) in [4.78, 5) is 11.4. The molecule has 0 aromatic heterocycles. The number of esters is 1. The van der Waals surface area contributed by atoms with E-state index >= 15 is 0 Å². The van der Waals surface area contributed by atoms with Gasteiger partial charge >= 0.3 is 5.97 Å². The minimum Gasteiger partial charge on any atom is -0.466 e. The van der Waals surface area contributed by atoms with Gasteiger partial charge in [-0.2, -0.15) is 0 Å². The van der Waals surface area contributed by atoms with Gasteiger partial charge in [0.1, 0.15) is 0 Å². The maximum atomic E-state index is 11.4. The van der Waals surface area contributed by atoms with Crippen molar-refractivity contribution in [3.05, 3.63) is 0 Å². The summed E-state index contributed by atoms with van der Waals surface area (Å²) in [6.07, 6.45) is 2.32. The molecule has 1 aliphatic rings. The number of piperidine rings is 1. The second-order valence-corrected chi connectivity index (χ2v) is 3.65. The number of hydrogen-bond donors (Lipinski definition) is 1. The van der Waals surface area contributed by atoms with Crippen molar-refractivity contribution < 1.29 is 9.53 Å². The average molecular weight is 185 g/mol. The van der Waals surface area contributed by atoms with E-state index in [1.807, 2.05) is 13.8 Å². The molecule has 0 radical (unpaired) electrons. The van der Waals surface area contributed by atoms with Crippen molar-refractivity contribution in [2.45, 2.75) is 26.7 Å². The summed E-state index contributed by atoms with van der Waals surface area (Å²) in [5, 5.41) is 3.30. The Morgan fingerprint density at radius 1 is 1.69 bits per heavy atom. The molecule has 0 amide bonds. The van der Waals surface area contributed by atoms with E-state index in [2.05, 4.69) is 5.32 Å². The van der Waals surface area contributed by atoms with Gasteiger partial charge < -0.3 is 10.1 Å². The van der Waals surface area contributed by atoms with Crippen LogP contribution in [-0.2, 0) is 9.53 Å². The molecule has 1 N–H and O–H groups in total. The van der Waals surface area contributed by atoms with Gasteiger partial charge in [-0.15, -0.1) is 0 Å². The predicted octanol–water partition coefficient (Wildman–Crippen LogP) is 1.19. The molecule has 1 rings (SSSR count). The Hall–Kier alpha value is -0.570. The molecule has 0 aromatic rings. The van der Waals surface area contributed by atoms with Gasteiger partial charge in [0.25, 0.3) is 0 Å². The summed E-state index contributed by atoms with van der Waals surface area (Å²) in [6, 6.07) is 0. The molecular formula is C10H19NO2. The molecule has 0 saturated carbocycles. The molecule has 1 heterocycles. The number of nitrogens with one attached hydrogen (secondary N) is 1. The van der Waals surface area contributed by atoms with Crippen molar-refractivity contribution >= 4 is 5.97 Å². The molecule has 1 aliphatic heterocycles. The zero-order chi connectivity index (χ0) is 9.68. The topological polar surface area (TPSA) is 38.3 Å². The third kappa shape index (κ3) is 2.99. The summed E-state index contributed by atoms with van der Waals surface area (Å²) in [5.41, 5.74) is 0. The van der Waals surface area contributed by atoms with Crippen LogP contribution in [0.15, 0.2) is 0 Å². The lowest BCUT2D eigenvalue weighted by molar-refractivity contribution is -0.149. The Bertz CT molecular complexity index is 164. The predicted molar refractivity (Wildman–Crippen MR) is 51.4 cm³/mol. The summed E-state index contributed by atoms with van der Waals surface area (Å²) < 4.78 is 4.99. The van der Waals surface area contributed by atoms with Gasteiger partial charge in [0.2, 0.25) is 0 Å². The van der Waals surface area contributed by atoms with Crippen LogP contribution in [0.25, 0.3) is 0 Å². The number of carbonyl (C=O) groups excluding carboxylic acids is 1. The quantitative estimate of drug-likeness (QED) is 0.671. The van der Waals surface area contributed by atoms with Crippen molar-refractivity contribution in [1.29, 1.82) is 0 Å². The largest absolute Gasteiger partial charge is 0.466 e. The smallest absolute Gasteiger partial charge is 0.308 e. The van der Waals surface area contributed by atoms with Gasteiger partial charge in [-0.05, 0) is 38.8 Å². The Morgan fingerprint density at radius 2 is 2.46 bits per heavy atom. The molecule has 3 nitrogen and oxygen atoms in total. The van der Waals surface area contributed by atoms with Crippen LogP contribution in [0.3, 0.4) is 0 Å². The Morgan fingerprint density at radius 3 is 3.00 bits per heavy atom. The molecule has 0 aliphatic carbocycles. The molecule has 3 heteroatoms. The van der Waals surface area contributed by atoms with Crippen LogP contribution in [-0.4, -0.2) is 25.7 Å². The normalized spacial score (nSPS) is 25.2. The summed E-state index contributed by atoms with van der Waals surface area (Å²) >= 11 is 0. The van der Waals surface area contributed by atoms with Gasteiger partial charge in [-0.25, -0.2) is 0 Å². The highest BCUT2D eigenvalue weighted by Crippen LogP contribution is 2.20. The second kappa shape index (κ2) is 5.22. The summed E-state index contributed by atoms with van der Waals surface area (Å²) in [5.74, 6) is 0.469. The highest BCUT2D eigenvalue weighted by atomic mass is 16.5. The molecular weight excluding hydrogens is 166 g/mol. The number of ether oxygens (including phenoxy) is 1. The van der Waals surface area contributed by atoms with Crippen LogP contribution >= 0.6 is 0 Å². The third-order valence-corrected chi connectivity index (χ3v) is 2.70. The van der Waals surface area contributed by atoms with Crippen LogP contribution in [0.2, 0.25) is 0 Å². The zero-order valence-electron chi connectivity index (χ0n) is 8.51. The first-order chi connectivity index (χ1) is 6.25. The van der Waals surface area contributed by atoms with E-state index in [1.165, 1.54) is 6.42 Å². The molecule has 0 aromatic carbocycles. The molecule has 2 unspecified atom stereocenters. The lowest BCUT2D eigenvalue weighted by atomic mass is 9.87. The van der Waals surface area contributed by atoms with Crippen LogP contribution in [0, 0.1) is 11.8 Å². The second-order valence-electron chi connectivity index (χ2n) is 3.65. The number of hydrogen-bond acceptors (Lipinski definition) is 3. The summed E-state index contributed by atoms with van der Waals surface area (Å²) in [7, 11) is 0. The first kappa shape index (κ1) is 10.5. The Labute approximate surface area is 79.8 Å². The molecule has 13 heavy (non-hydrogen) atoms. The highest BCUT2D eigenvalue weighted by Gasteiger charge is 2.26. The van der Waals surface area contributed by atoms with Crippen molar-refractivity contribution in [2.75, 3.05) is 19.7 Å². The van der Waals surface area contributed by atoms with E-state index in [0.717, 1.165) is 19.5 Å². The standard InChI is InChI=1S/C10H19NO2/c1-3-13-10(12)8(2)9-5-4-6-11-7-9/h8-9,11H,3-7H2,1-2H3. The minimum atomic E-state index is -0.0452.